The van der Waals surface area contributed by atoms with Gasteiger partial charge in [-0.25, -0.2) is 0 Å². The third-order valence-corrected chi connectivity index (χ3v) is 3.69. The van der Waals surface area contributed by atoms with Crippen LogP contribution in [0, 0.1) is 22.7 Å². The summed E-state index contributed by atoms with van der Waals surface area (Å²) in [6.45, 7) is 9.23. The average Bonchev–Trinajstić information content (AvgIpc) is 2.13. The minimum atomic E-state index is 0.385. The lowest BCUT2D eigenvalue weighted by molar-refractivity contribution is 0.144. The molecule has 1 aliphatic carbocycles. The van der Waals surface area contributed by atoms with E-state index in [1.54, 1.807) is 0 Å². The van der Waals surface area contributed by atoms with Gasteiger partial charge in [0.15, 0.2) is 0 Å². The van der Waals surface area contributed by atoms with Crippen LogP contribution in [0.25, 0.3) is 0 Å². The zero-order valence-corrected chi connectivity index (χ0v) is 11.2. The molecule has 1 saturated carbocycles. The summed E-state index contributed by atoms with van der Waals surface area (Å²) >= 11 is 0. The van der Waals surface area contributed by atoms with Crippen molar-refractivity contribution in [3.05, 3.63) is 0 Å². The normalized spacial score (nSPS) is 30.7. The molecule has 0 radical (unpaired) electrons. The summed E-state index contributed by atoms with van der Waals surface area (Å²) in [4.78, 5) is 0. The van der Waals surface area contributed by atoms with Crippen LogP contribution in [0.15, 0.2) is 0 Å². The summed E-state index contributed by atoms with van der Waals surface area (Å²) in [6, 6.07) is 3.27. The van der Waals surface area contributed by atoms with E-state index < -0.39 is 0 Å². The number of nitrogens with one attached hydrogen (secondary N) is 1. The number of hydrogen-bond donors (Lipinski definition) is 1. The van der Waals surface area contributed by atoms with E-state index in [-0.39, 0.29) is 0 Å². The van der Waals surface area contributed by atoms with Crippen LogP contribution in [-0.2, 0) is 0 Å². The second kappa shape index (κ2) is 5.68. The predicted molar refractivity (Wildman–Crippen MR) is 68.0 cm³/mol. The summed E-state index contributed by atoms with van der Waals surface area (Å²) < 4.78 is 0. The molecule has 0 spiro atoms. The van der Waals surface area contributed by atoms with Gasteiger partial charge in [0.25, 0.3) is 0 Å². The minimum absolute atomic E-state index is 0.385. The van der Waals surface area contributed by atoms with Crippen molar-refractivity contribution in [3.8, 4) is 6.07 Å². The van der Waals surface area contributed by atoms with Crippen LogP contribution < -0.4 is 5.32 Å². The second-order valence-electron chi connectivity index (χ2n) is 6.24. The van der Waals surface area contributed by atoms with Crippen molar-refractivity contribution < 1.29 is 0 Å². The van der Waals surface area contributed by atoms with Crippen molar-refractivity contribution >= 4 is 0 Å². The Hall–Kier alpha value is -0.550. The van der Waals surface area contributed by atoms with Crippen LogP contribution in [-0.4, -0.2) is 12.1 Å². The Morgan fingerprint density at radius 1 is 1.44 bits per heavy atom. The summed E-state index contributed by atoms with van der Waals surface area (Å²) in [5.74, 6) is 0.806. The largest absolute Gasteiger partial charge is 0.310 e. The van der Waals surface area contributed by atoms with Crippen LogP contribution in [0.4, 0.5) is 0 Å². The van der Waals surface area contributed by atoms with Crippen molar-refractivity contribution in [2.75, 3.05) is 0 Å². The molecule has 0 amide bonds. The molecule has 0 aliphatic heterocycles. The molecule has 92 valence electrons. The molecule has 0 bridgehead atoms. The van der Waals surface area contributed by atoms with Gasteiger partial charge in [0, 0.05) is 12.1 Å². The number of hydrogen-bond acceptors (Lipinski definition) is 2. The fourth-order valence-electron chi connectivity index (χ4n) is 3.24. The molecule has 2 nitrogen and oxygen atoms in total. The first-order chi connectivity index (χ1) is 7.46. The molecule has 0 heterocycles. The van der Waals surface area contributed by atoms with Gasteiger partial charge in [-0.1, -0.05) is 27.7 Å². The van der Waals surface area contributed by atoms with Gasteiger partial charge >= 0.3 is 0 Å². The summed E-state index contributed by atoms with van der Waals surface area (Å²) in [6.07, 6.45) is 5.55. The number of nitriles is 1. The monoisotopic (exact) mass is 222 g/mol. The molecule has 2 heteroatoms. The van der Waals surface area contributed by atoms with Crippen LogP contribution in [0.3, 0.4) is 0 Å². The maximum absolute atomic E-state index is 8.76. The van der Waals surface area contributed by atoms with Crippen molar-refractivity contribution in [2.45, 2.75) is 71.9 Å². The highest BCUT2D eigenvalue weighted by atomic mass is 15.0. The maximum Gasteiger partial charge on any atom is 0.0638 e. The third kappa shape index (κ3) is 4.14. The highest BCUT2D eigenvalue weighted by Crippen LogP contribution is 2.38. The maximum atomic E-state index is 8.76. The fraction of sp³-hybridized carbons (Fsp3) is 0.929. The second-order valence-corrected chi connectivity index (χ2v) is 6.24. The molecule has 0 aromatic carbocycles. The Morgan fingerprint density at radius 2 is 2.12 bits per heavy atom. The number of nitrogens with zero attached hydrogens (tertiary/aromatic N) is 1. The smallest absolute Gasteiger partial charge is 0.0638 e. The van der Waals surface area contributed by atoms with Crippen LogP contribution in [0.2, 0.25) is 0 Å². The van der Waals surface area contributed by atoms with Gasteiger partial charge in [0.2, 0.25) is 0 Å². The Labute approximate surface area is 100 Å². The molecule has 16 heavy (non-hydrogen) atoms. The van der Waals surface area contributed by atoms with E-state index in [0.29, 0.717) is 23.9 Å². The van der Waals surface area contributed by atoms with Crippen molar-refractivity contribution in [1.29, 1.82) is 5.26 Å². The third-order valence-electron chi connectivity index (χ3n) is 3.69. The summed E-state index contributed by atoms with van der Waals surface area (Å²) in [5, 5.41) is 12.4. The highest BCUT2D eigenvalue weighted by Gasteiger charge is 2.32. The molecule has 1 N–H and O–H groups in total. The van der Waals surface area contributed by atoms with Gasteiger partial charge in [-0.05, 0) is 37.0 Å². The lowest BCUT2D eigenvalue weighted by atomic mass is 9.70. The van der Waals surface area contributed by atoms with Crippen LogP contribution in [0.5, 0.6) is 0 Å². The first-order valence-corrected chi connectivity index (χ1v) is 6.60. The van der Waals surface area contributed by atoms with E-state index in [2.05, 4.69) is 39.1 Å². The Morgan fingerprint density at radius 3 is 2.62 bits per heavy atom. The molecule has 1 fully saturated rings. The highest BCUT2D eigenvalue weighted by molar-refractivity contribution is 4.90. The van der Waals surface area contributed by atoms with Gasteiger partial charge in [-0.15, -0.1) is 0 Å². The van der Waals surface area contributed by atoms with Gasteiger partial charge < -0.3 is 5.32 Å². The van der Waals surface area contributed by atoms with E-state index in [4.69, 9.17) is 5.26 Å². The quantitative estimate of drug-likeness (QED) is 0.790. The SMILES string of the molecule is CCC(CC#N)NC1CC(C)CC(C)(C)C1. The van der Waals surface area contributed by atoms with E-state index in [1.165, 1.54) is 19.3 Å². The van der Waals surface area contributed by atoms with E-state index in [9.17, 15) is 0 Å². The van der Waals surface area contributed by atoms with Gasteiger partial charge in [-0.3, -0.25) is 0 Å². The number of rotatable bonds is 4. The zero-order valence-electron chi connectivity index (χ0n) is 11.2. The molecule has 1 aliphatic rings. The van der Waals surface area contributed by atoms with Gasteiger partial charge in [0.1, 0.15) is 0 Å². The predicted octanol–water partition coefficient (Wildman–Crippen LogP) is 3.48. The van der Waals surface area contributed by atoms with Gasteiger partial charge in [0.05, 0.1) is 12.5 Å². The minimum Gasteiger partial charge on any atom is -0.310 e. The first-order valence-electron chi connectivity index (χ1n) is 6.60. The summed E-state index contributed by atoms with van der Waals surface area (Å²) in [7, 11) is 0. The van der Waals surface area contributed by atoms with Crippen molar-refractivity contribution in [3.63, 3.8) is 0 Å². The Kier molecular flexibility index (Phi) is 4.80. The molecule has 3 atom stereocenters. The van der Waals surface area contributed by atoms with E-state index in [0.717, 1.165) is 12.3 Å². The molecular weight excluding hydrogens is 196 g/mol. The van der Waals surface area contributed by atoms with Crippen LogP contribution in [0.1, 0.15) is 59.8 Å². The Balaban J connectivity index is 2.50. The standard InChI is InChI=1S/C14H26N2/c1-5-12(6-7-15)16-13-8-11(2)9-14(3,4)10-13/h11-13,16H,5-6,8-10H2,1-4H3. The molecule has 0 aromatic rings. The molecule has 0 saturated heterocycles. The van der Waals surface area contributed by atoms with E-state index >= 15 is 0 Å². The topological polar surface area (TPSA) is 35.8 Å². The van der Waals surface area contributed by atoms with E-state index in [1.807, 2.05) is 0 Å². The zero-order chi connectivity index (χ0) is 12.2. The molecular formula is C14H26N2. The first kappa shape index (κ1) is 13.5. The Bertz CT molecular complexity index is 252. The fourth-order valence-corrected chi connectivity index (χ4v) is 3.24. The lowest BCUT2D eigenvalue weighted by Crippen LogP contribution is -2.44. The van der Waals surface area contributed by atoms with Crippen LogP contribution >= 0.6 is 0 Å². The van der Waals surface area contributed by atoms with Crippen molar-refractivity contribution in [1.82, 2.24) is 5.32 Å². The molecule has 1 rings (SSSR count). The average molecular weight is 222 g/mol. The molecule has 3 unspecified atom stereocenters. The summed E-state index contributed by atoms with van der Waals surface area (Å²) in [5.41, 5.74) is 0.459. The van der Waals surface area contributed by atoms with Crippen molar-refractivity contribution in [2.24, 2.45) is 11.3 Å². The molecule has 0 aromatic heterocycles. The van der Waals surface area contributed by atoms with Gasteiger partial charge in [-0.2, -0.15) is 5.26 Å². The lowest BCUT2D eigenvalue weighted by Gasteiger charge is -2.40.